The van der Waals surface area contributed by atoms with E-state index in [9.17, 15) is 4.79 Å². The van der Waals surface area contributed by atoms with Gasteiger partial charge in [0.2, 0.25) is 5.95 Å². The van der Waals surface area contributed by atoms with Crippen molar-refractivity contribution >= 4 is 63.6 Å². The number of carbonyl (C=O) groups is 1. The second kappa shape index (κ2) is 7.60. The minimum Gasteiger partial charge on any atom is -0.308 e. The van der Waals surface area contributed by atoms with E-state index in [0.29, 0.717) is 5.95 Å². The maximum Gasteiger partial charge on any atom is 0.326 e. The number of nitrogens with one attached hydrogen (secondary N) is 2. The predicted octanol–water partition coefficient (Wildman–Crippen LogP) is 4.06. The summed E-state index contributed by atoms with van der Waals surface area (Å²) in [7, 11) is 0. The molecule has 0 saturated heterocycles. The van der Waals surface area contributed by atoms with Crippen LogP contribution in [0.1, 0.15) is 0 Å². The van der Waals surface area contributed by atoms with Crippen LogP contribution in [0.15, 0.2) is 41.3 Å². The zero-order chi connectivity index (χ0) is 14.4. The molecule has 0 spiro atoms. The number of halogens is 1. The Morgan fingerprint density at radius 2 is 2.15 bits per heavy atom. The lowest BCUT2D eigenvalue weighted by Gasteiger charge is -2.04. The van der Waals surface area contributed by atoms with Crippen LogP contribution in [0.4, 0.5) is 16.4 Å². The highest BCUT2D eigenvalue weighted by molar-refractivity contribution is 14.1. The molecular formula is C12H11IN4OS2. The Hall–Kier alpha value is -1.13. The van der Waals surface area contributed by atoms with Gasteiger partial charge in [-0.05, 0) is 58.4 Å². The Morgan fingerprint density at radius 3 is 2.85 bits per heavy atom. The summed E-state index contributed by atoms with van der Waals surface area (Å²) in [6.07, 6.45) is 1.79. The van der Waals surface area contributed by atoms with Crippen molar-refractivity contribution in [2.75, 3.05) is 16.4 Å². The fraction of sp³-hybridized carbons (Fsp3) is 0.0833. The van der Waals surface area contributed by atoms with Crippen molar-refractivity contribution in [3.05, 3.63) is 40.5 Å². The topological polar surface area (TPSA) is 66.9 Å². The molecular weight excluding hydrogens is 407 g/mol. The Labute approximate surface area is 138 Å². The number of nitrogens with zero attached hydrogens (tertiary/aromatic N) is 2. The molecule has 1 aromatic heterocycles. The van der Waals surface area contributed by atoms with Gasteiger partial charge in [0.15, 0.2) is 4.34 Å². The molecule has 0 atom stereocenters. The van der Waals surface area contributed by atoms with Crippen molar-refractivity contribution in [1.82, 2.24) is 9.36 Å². The van der Waals surface area contributed by atoms with Gasteiger partial charge in [-0.3, -0.25) is 5.32 Å². The highest BCUT2D eigenvalue weighted by Gasteiger charge is 2.08. The molecule has 1 heterocycles. The third-order valence-electron chi connectivity index (χ3n) is 2.06. The van der Waals surface area contributed by atoms with E-state index in [4.69, 9.17) is 0 Å². The van der Waals surface area contributed by atoms with E-state index in [1.807, 2.05) is 24.3 Å². The van der Waals surface area contributed by atoms with Crippen LogP contribution < -0.4 is 10.6 Å². The molecule has 0 aliphatic rings. The SMILES string of the molecule is C=CCSc1nc(NC(=O)Nc2ccc(I)cc2)ns1. The lowest BCUT2D eigenvalue weighted by Crippen LogP contribution is -2.20. The number of anilines is 2. The number of urea groups is 1. The lowest BCUT2D eigenvalue weighted by molar-refractivity contribution is 0.262. The summed E-state index contributed by atoms with van der Waals surface area (Å²) in [6, 6.07) is 7.15. The van der Waals surface area contributed by atoms with Crippen LogP contribution >= 0.6 is 45.9 Å². The van der Waals surface area contributed by atoms with E-state index in [0.717, 1.165) is 19.4 Å². The molecule has 2 rings (SSSR count). The van der Waals surface area contributed by atoms with Gasteiger partial charge >= 0.3 is 6.03 Å². The summed E-state index contributed by atoms with van der Waals surface area (Å²) in [4.78, 5) is 16.0. The molecule has 0 bridgehead atoms. The second-order valence-electron chi connectivity index (χ2n) is 3.57. The van der Waals surface area contributed by atoms with Gasteiger partial charge in [0.25, 0.3) is 0 Å². The van der Waals surface area contributed by atoms with Crippen LogP contribution in [-0.4, -0.2) is 21.1 Å². The standard InChI is InChI=1S/C12H11IN4OS2/c1-2-7-19-12-16-10(17-20-12)15-11(18)14-9-5-3-8(13)4-6-9/h2-6H,1,7H2,(H2,14,15,17,18). The fourth-order valence-electron chi connectivity index (χ4n) is 1.25. The Bertz CT molecular complexity index is 600. The number of rotatable bonds is 5. The molecule has 2 N–H and O–H groups in total. The molecule has 2 aromatic rings. The molecule has 104 valence electrons. The largest absolute Gasteiger partial charge is 0.326 e. The summed E-state index contributed by atoms with van der Waals surface area (Å²) < 4.78 is 5.98. The Kier molecular flexibility index (Phi) is 5.80. The minimum atomic E-state index is -0.357. The van der Waals surface area contributed by atoms with E-state index < -0.39 is 0 Å². The van der Waals surface area contributed by atoms with Crippen LogP contribution in [0.2, 0.25) is 0 Å². The van der Waals surface area contributed by atoms with Gasteiger partial charge in [-0.2, -0.15) is 9.36 Å². The van der Waals surface area contributed by atoms with Gasteiger partial charge < -0.3 is 5.32 Å². The molecule has 0 aliphatic carbocycles. The first-order valence-corrected chi connectivity index (χ1v) is 8.42. The number of thioether (sulfide) groups is 1. The predicted molar refractivity (Wildman–Crippen MR) is 92.6 cm³/mol. The third-order valence-corrected chi connectivity index (χ3v) is 4.61. The maximum atomic E-state index is 11.8. The lowest BCUT2D eigenvalue weighted by atomic mass is 10.3. The van der Waals surface area contributed by atoms with E-state index in [-0.39, 0.29) is 6.03 Å². The average Bonchev–Trinajstić information content (AvgIpc) is 2.86. The minimum absolute atomic E-state index is 0.310. The van der Waals surface area contributed by atoms with Crippen molar-refractivity contribution in [2.24, 2.45) is 0 Å². The molecule has 0 unspecified atom stereocenters. The summed E-state index contributed by atoms with van der Waals surface area (Å²) >= 11 is 4.98. The maximum absolute atomic E-state index is 11.8. The summed E-state index contributed by atoms with van der Waals surface area (Å²) in [5, 5.41) is 5.32. The van der Waals surface area contributed by atoms with Crippen molar-refractivity contribution in [3.8, 4) is 0 Å². The normalized spacial score (nSPS) is 10.1. The van der Waals surface area contributed by atoms with E-state index >= 15 is 0 Å². The van der Waals surface area contributed by atoms with E-state index in [1.165, 1.54) is 23.3 Å². The van der Waals surface area contributed by atoms with E-state index in [1.54, 1.807) is 6.08 Å². The quantitative estimate of drug-likeness (QED) is 0.437. The van der Waals surface area contributed by atoms with E-state index in [2.05, 4.69) is 49.2 Å². The fourth-order valence-corrected chi connectivity index (χ4v) is 2.92. The molecule has 0 radical (unpaired) electrons. The van der Waals surface area contributed by atoms with Gasteiger partial charge in [-0.1, -0.05) is 17.8 Å². The number of benzene rings is 1. The van der Waals surface area contributed by atoms with Gasteiger partial charge in [0.05, 0.1) is 0 Å². The molecule has 5 nitrogen and oxygen atoms in total. The van der Waals surface area contributed by atoms with Crippen LogP contribution in [0.3, 0.4) is 0 Å². The van der Waals surface area contributed by atoms with Crippen molar-refractivity contribution < 1.29 is 4.79 Å². The Balaban J connectivity index is 1.89. The smallest absolute Gasteiger partial charge is 0.308 e. The first-order chi connectivity index (χ1) is 9.67. The molecule has 1 aromatic carbocycles. The monoisotopic (exact) mass is 418 g/mol. The van der Waals surface area contributed by atoms with Crippen molar-refractivity contribution in [3.63, 3.8) is 0 Å². The zero-order valence-corrected chi connectivity index (χ0v) is 14.1. The van der Waals surface area contributed by atoms with Crippen LogP contribution in [0, 0.1) is 3.57 Å². The zero-order valence-electron chi connectivity index (χ0n) is 10.3. The second-order valence-corrected chi connectivity index (χ2v) is 6.83. The first-order valence-electron chi connectivity index (χ1n) is 5.58. The first kappa shape index (κ1) is 15.3. The summed E-state index contributed by atoms with van der Waals surface area (Å²) in [5.41, 5.74) is 0.722. The van der Waals surface area contributed by atoms with Crippen molar-refractivity contribution in [1.29, 1.82) is 0 Å². The number of hydrogen-bond acceptors (Lipinski definition) is 5. The summed E-state index contributed by atoms with van der Waals surface area (Å²) in [6.45, 7) is 3.64. The highest BCUT2D eigenvalue weighted by atomic mass is 127. The van der Waals surface area contributed by atoms with Crippen molar-refractivity contribution in [2.45, 2.75) is 4.34 Å². The van der Waals surface area contributed by atoms with Gasteiger partial charge in [0.1, 0.15) is 0 Å². The number of carbonyl (C=O) groups excluding carboxylic acids is 1. The summed E-state index contributed by atoms with van der Waals surface area (Å²) in [5.74, 6) is 1.08. The number of amides is 2. The molecule has 8 heteroatoms. The number of hydrogen-bond donors (Lipinski definition) is 2. The third kappa shape index (κ3) is 4.76. The molecule has 0 aliphatic heterocycles. The van der Waals surface area contributed by atoms with Gasteiger partial charge in [-0.25, -0.2) is 4.79 Å². The van der Waals surface area contributed by atoms with Crippen LogP contribution in [0.25, 0.3) is 0 Å². The molecule has 0 fully saturated rings. The van der Waals surface area contributed by atoms with Gasteiger partial charge in [-0.15, -0.1) is 6.58 Å². The van der Waals surface area contributed by atoms with Gasteiger partial charge in [0, 0.05) is 15.0 Å². The average molecular weight is 418 g/mol. The van der Waals surface area contributed by atoms with Crippen LogP contribution in [0.5, 0.6) is 0 Å². The highest BCUT2D eigenvalue weighted by Crippen LogP contribution is 2.21. The van der Waals surface area contributed by atoms with Crippen LogP contribution in [-0.2, 0) is 0 Å². The molecule has 0 saturated carbocycles. The molecule has 2 amide bonds. The molecule has 20 heavy (non-hydrogen) atoms. The Morgan fingerprint density at radius 1 is 1.40 bits per heavy atom. The number of aromatic nitrogens is 2.